The maximum atomic E-state index is 10.5. The summed E-state index contributed by atoms with van der Waals surface area (Å²) in [4.78, 5) is 20.9. The molecule has 14 heavy (non-hydrogen) atoms. The monoisotopic (exact) mass is 229 g/mol. The van der Waals surface area contributed by atoms with E-state index in [1.807, 2.05) is 0 Å². The molecule has 0 aliphatic carbocycles. The summed E-state index contributed by atoms with van der Waals surface area (Å²) in [7, 11) is 0. The summed E-state index contributed by atoms with van der Waals surface area (Å²) in [5.74, 6) is -2.46. The number of carbonyl (C=O) groups is 2. The molecule has 0 bridgehead atoms. The van der Waals surface area contributed by atoms with Gasteiger partial charge in [-0.1, -0.05) is 12.1 Å². The number of carboxylic acids is 2. The fourth-order valence-corrected chi connectivity index (χ4v) is 0.856. The summed E-state index contributed by atoms with van der Waals surface area (Å²) in [5.41, 5.74) is -0.380. The predicted octanol–water partition coefficient (Wildman–Crippen LogP) is 0.321. The van der Waals surface area contributed by atoms with Crippen molar-refractivity contribution in [1.82, 2.24) is 0 Å². The number of carboxylic acid groups (broad SMARTS) is 2. The van der Waals surface area contributed by atoms with Crippen LogP contribution in [0.25, 0.3) is 0 Å². The molecule has 1 aromatic carbocycles. The van der Waals surface area contributed by atoms with E-state index in [-0.39, 0.29) is 85.6 Å². The molecule has 0 heterocycles. The van der Waals surface area contributed by atoms with Gasteiger partial charge in [-0.25, -0.2) is 9.59 Å². The number of benzene rings is 1. The van der Waals surface area contributed by atoms with Gasteiger partial charge in [-0.05, 0) is 12.1 Å². The normalized spacial score (nSPS) is 8.00. The van der Waals surface area contributed by atoms with Crippen molar-refractivity contribution >= 4 is 86.4 Å². The molecule has 65 valence electrons. The van der Waals surface area contributed by atoms with E-state index in [0.29, 0.717) is 0 Å². The van der Waals surface area contributed by atoms with Crippen LogP contribution in [0.1, 0.15) is 20.7 Å². The Kier molecular flexibility index (Phi) is 9.46. The third kappa shape index (κ3) is 4.39. The minimum absolute atomic E-state index is 0. The Hall–Kier alpha value is 0.563. The molecule has 0 unspecified atom stereocenters. The van der Waals surface area contributed by atoms with Crippen molar-refractivity contribution in [3.8, 4) is 0 Å². The van der Waals surface area contributed by atoms with Crippen LogP contribution in [-0.2, 0) is 0 Å². The van der Waals surface area contributed by atoms with E-state index >= 15 is 0 Å². The molecule has 6 heteroatoms. The van der Waals surface area contributed by atoms with Crippen LogP contribution in [-0.4, -0.2) is 96.6 Å². The zero-order chi connectivity index (χ0) is 9.14. The Labute approximate surface area is 139 Å². The fraction of sp³-hybridized carbons (Fsp3) is 0. The maximum absolute atomic E-state index is 10.5. The van der Waals surface area contributed by atoms with Crippen LogP contribution in [0.3, 0.4) is 0 Å². The van der Waals surface area contributed by atoms with Crippen LogP contribution in [0.4, 0.5) is 0 Å². The van der Waals surface area contributed by atoms with Crippen LogP contribution in [0.15, 0.2) is 24.3 Å². The summed E-state index contributed by atoms with van der Waals surface area (Å²) in [6.07, 6.45) is 0. The first-order valence-electron chi connectivity index (χ1n) is 3.18. The molecule has 2 N–H and O–H groups in total. The van der Waals surface area contributed by atoms with Crippen molar-refractivity contribution in [3.63, 3.8) is 0 Å². The summed E-state index contributed by atoms with van der Waals surface area (Å²) >= 11 is 0. The van der Waals surface area contributed by atoms with Crippen LogP contribution in [0, 0.1) is 0 Å². The van der Waals surface area contributed by atoms with Gasteiger partial charge >= 0.3 is 11.9 Å². The zero-order valence-corrected chi connectivity index (χ0v) is 12.3. The smallest absolute Gasteiger partial charge is 0.336 e. The summed E-state index contributed by atoms with van der Waals surface area (Å²) in [6.45, 7) is 0. The molecular weight excluding hydrogens is 223 g/mol. The van der Waals surface area contributed by atoms with Crippen molar-refractivity contribution in [2.45, 2.75) is 0 Å². The van der Waals surface area contributed by atoms with Gasteiger partial charge in [-0.3, -0.25) is 0 Å². The van der Waals surface area contributed by atoms with Gasteiger partial charge in [0, 0.05) is 74.4 Å². The molecular formula is C8H6KMgO4. The Morgan fingerprint density at radius 2 is 1.21 bits per heavy atom. The van der Waals surface area contributed by atoms with Crippen molar-refractivity contribution in [2.75, 3.05) is 0 Å². The topological polar surface area (TPSA) is 74.6 Å². The molecule has 3 radical (unpaired) electrons. The molecule has 0 saturated carbocycles. The molecule has 0 saturated heterocycles. The molecule has 0 aliphatic heterocycles. The molecule has 4 nitrogen and oxygen atoms in total. The van der Waals surface area contributed by atoms with Gasteiger partial charge in [0.1, 0.15) is 0 Å². The number of hydrogen-bond acceptors (Lipinski definition) is 2. The van der Waals surface area contributed by atoms with E-state index in [1.165, 1.54) is 24.3 Å². The van der Waals surface area contributed by atoms with Crippen molar-refractivity contribution in [1.29, 1.82) is 0 Å². The summed E-state index contributed by atoms with van der Waals surface area (Å²) in [6, 6.07) is 5.48. The Morgan fingerprint density at radius 1 is 0.929 bits per heavy atom. The molecule has 0 aromatic heterocycles. The Bertz CT molecular complexity index is 307. The van der Waals surface area contributed by atoms with Gasteiger partial charge in [-0.15, -0.1) is 0 Å². The first kappa shape index (κ1) is 17.0. The minimum Gasteiger partial charge on any atom is -0.478 e. The van der Waals surface area contributed by atoms with E-state index in [4.69, 9.17) is 10.2 Å². The average Bonchev–Trinajstić information content (AvgIpc) is 2.04. The predicted molar refractivity (Wildman–Crippen MR) is 51.9 cm³/mol. The van der Waals surface area contributed by atoms with Crippen LogP contribution in [0.5, 0.6) is 0 Å². The van der Waals surface area contributed by atoms with Gasteiger partial charge in [0.25, 0.3) is 0 Å². The van der Waals surface area contributed by atoms with E-state index in [9.17, 15) is 9.59 Å². The number of rotatable bonds is 2. The largest absolute Gasteiger partial charge is 0.478 e. The second-order valence-corrected chi connectivity index (χ2v) is 2.16. The van der Waals surface area contributed by atoms with E-state index < -0.39 is 11.9 Å². The van der Waals surface area contributed by atoms with Gasteiger partial charge in [0.05, 0.1) is 11.1 Å². The Balaban J connectivity index is 0. The number of hydrogen-bond donors (Lipinski definition) is 2. The molecule has 0 aliphatic rings. The average molecular weight is 230 g/mol. The quantitative estimate of drug-likeness (QED) is 0.717. The van der Waals surface area contributed by atoms with Gasteiger partial charge in [-0.2, -0.15) is 0 Å². The second-order valence-electron chi connectivity index (χ2n) is 2.16. The third-order valence-electron chi connectivity index (χ3n) is 1.39. The molecule has 0 fully saturated rings. The Morgan fingerprint density at radius 3 is 1.43 bits per heavy atom. The second kappa shape index (κ2) is 7.80. The van der Waals surface area contributed by atoms with Crippen molar-refractivity contribution in [2.24, 2.45) is 0 Å². The summed E-state index contributed by atoms with van der Waals surface area (Å²) < 4.78 is 0. The number of aromatic carboxylic acids is 2. The van der Waals surface area contributed by atoms with Crippen molar-refractivity contribution < 1.29 is 19.8 Å². The minimum atomic E-state index is -1.23. The third-order valence-corrected chi connectivity index (χ3v) is 1.39. The van der Waals surface area contributed by atoms with Gasteiger partial charge < -0.3 is 10.2 Å². The van der Waals surface area contributed by atoms with Crippen LogP contribution < -0.4 is 0 Å². The fourth-order valence-electron chi connectivity index (χ4n) is 0.856. The van der Waals surface area contributed by atoms with E-state index in [0.717, 1.165) is 0 Å². The first-order chi connectivity index (χ1) is 5.63. The van der Waals surface area contributed by atoms with E-state index in [2.05, 4.69) is 0 Å². The molecule has 1 rings (SSSR count). The summed E-state index contributed by atoms with van der Waals surface area (Å²) in [5, 5.41) is 17.1. The first-order valence-corrected chi connectivity index (χ1v) is 3.18. The molecule has 1 aromatic rings. The maximum Gasteiger partial charge on any atom is 0.336 e. The van der Waals surface area contributed by atoms with Gasteiger partial charge in [0.2, 0.25) is 0 Å². The molecule has 0 amide bonds. The van der Waals surface area contributed by atoms with Gasteiger partial charge in [0.15, 0.2) is 0 Å². The zero-order valence-electron chi connectivity index (χ0n) is 7.73. The molecule has 0 spiro atoms. The standard InChI is InChI=1S/C8H6O4.K.Mg/c9-7(10)5-3-1-2-4-6(5)8(11)12;;/h1-4H,(H,9,10)(H,11,12);;. The molecule has 0 atom stereocenters. The van der Waals surface area contributed by atoms with E-state index in [1.54, 1.807) is 0 Å². The van der Waals surface area contributed by atoms with Crippen LogP contribution in [0.2, 0.25) is 0 Å². The van der Waals surface area contributed by atoms with Crippen molar-refractivity contribution in [3.05, 3.63) is 35.4 Å². The van der Waals surface area contributed by atoms with Crippen LogP contribution >= 0.6 is 0 Å². The SMILES string of the molecule is O=C(O)c1ccccc1C(=O)O.[K].[Mg].